The Hall–Kier alpha value is -2.99. The average molecular weight is 285 g/mol. The van der Waals surface area contributed by atoms with Gasteiger partial charge in [-0.2, -0.15) is 5.26 Å². The minimum Gasteiger partial charge on any atom is -0.480 e. The number of para-hydroxylation sites is 1. The number of terminal acetylenes is 1. The van der Waals surface area contributed by atoms with Crippen LogP contribution in [0.3, 0.4) is 0 Å². The molecular weight excluding hydrogens is 270 g/mol. The summed E-state index contributed by atoms with van der Waals surface area (Å²) in [7, 11) is 0. The van der Waals surface area contributed by atoms with Crippen molar-refractivity contribution < 1.29 is 14.7 Å². The van der Waals surface area contributed by atoms with Crippen LogP contribution in [-0.4, -0.2) is 41.6 Å². The zero-order valence-corrected chi connectivity index (χ0v) is 11.4. The van der Waals surface area contributed by atoms with Crippen LogP contribution >= 0.6 is 0 Å². The van der Waals surface area contributed by atoms with Gasteiger partial charge in [-0.15, -0.1) is 6.42 Å². The fraction of sp³-hybridized carbons (Fsp3) is 0.267. The zero-order valence-electron chi connectivity index (χ0n) is 11.4. The maximum atomic E-state index is 12.5. The van der Waals surface area contributed by atoms with Gasteiger partial charge in [-0.05, 0) is 12.1 Å². The second kappa shape index (κ2) is 8.23. The smallest absolute Gasteiger partial charge is 0.325 e. The summed E-state index contributed by atoms with van der Waals surface area (Å²) in [5, 5.41) is 17.6. The molecule has 2 amide bonds. The lowest BCUT2D eigenvalue weighted by Crippen LogP contribution is -2.46. The van der Waals surface area contributed by atoms with Gasteiger partial charge >= 0.3 is 12.0 Å². The molecule has 6 nitrogen and oxygen atoms in total. The number of hydrogen-bond donors (Lipinski definition) is 1. The number of hydrogen-bond acceptors (Lipinski definition) is 3. The summed E-state index contributed by atoms with van der Waals surface area (Å²) in [6.45, 7) is -0.431. The van der Waals surface area contributed by atoms with Crippen LogP contribution in [0, 0.1) is 23.7 Å². The lowest BCUT2D eigenvalue weighted by Gasteiger charge is -2.28. The molecule has 0 saturated carbocycles. The summed E-state index contributed by atoms with van der Waals surface area (Å²) in [5.74, 6) is 1.12. The van der Waals surface area contributed by atoms with E-state index in [9.17, 15) is 9.59 Å². The number of urea groups is 1. The first kappa shape index (κ1) is 16.1. The fourth-order valence-electron chi connectivity index (χ4n) is 1.74. The summed E-state index contributed by atoms with van der Waals surface area (Å²) in [6, 6.07) is 10.2. The Morgan fingerprint density at radius 1 is 1.29 bits per heavy atom. The molecule has 0 spiro atoms. The van der Waals surface area contributed by atoms with Crippen molar-refractivity contribution in [3.8, 4) is 18.4 Å². The fourth-order valence-corrected chi connectivity index (χ4v) is 1.74. The summed E-state index contributed by atoms with van der Waals surface area (Å²) in [4.78, 5) is 25.7. The van der Waals surface area contributed by atoms with Crippen molar-refractivity contribution in [2.45, 2.75) is 6.42 Å². The molecule has 0 heterocycles. The monoisotopic (exact) mass is 285 g/mol. The summed E-state index contributed by atoms with van der Waals surface area (Å²) >= 11 is 0. The molecule has 1 rings (SSSR count). The highest BCUT2D eigenvalue weighted by Crippen LogP contribution is 2.16. The van der Waals surface area contributed by atoms with E-state index < -0.39 is 18.5 Å². The molecule has 1 aromatic rings. The summed E-state index contributed by atoms with van der Waals surface area (Å²) in [6.07, 6.45) is 5.31. The maximum Gasteiger partial charge on any atom is 0.325 e. The standard InChI is InChI=1S/C15H15N3O3/c1-2-10-17(12-14(19)20)15(21)18(11-6-9-16)13-7-4-3-5-8-13/h1,3-5,7-8H,6,10-12H2,(H,19,20). The van der Waals surface area contributed by atoms with Crippen molar-refractivity contribution in [2.75, 3.05) is 24.5 Å². The normalized spacial score (nSPS) is 9.24. The van der Waals surface area contributed by atoms with E-state index in [0.29, 0.717) is 5.69 Å². The molecule has 0 aliphatic carbocycles. The Morgan fingerprint density at radius 2 is 1.95 bits per heavy atom. The van der Waals surface area contributed by atoms with Crippen LogP contribution in [-0.2, 0) is 4.79 Å². The first-order valence-electron chi connectivity index (χ1n) is 6.23. The van der Waals surface area contributed by atoms with Crippen molar-refractivity contribution in [3.63, 3.8) is 0 Å². The number of carboxylic acid groups (broad SMARTS) is 1. The SMILES string of the molecule is C#CCN(CC(=O)O)C(=O)N(CCC#N)c1ccccc1. The van der Waals surface area contributed by atoms with Crippen LogP contribution < -0.4 is 4.90 Å². The highest BCUT2D eigenvalue weighted by molar-refractivity contribution is 5.93. The number of benzene rings is 1. The Balaban J connectivity index is 3.00. The van der Waals surface area contributed by atoms with E-state index in [-0.39, 0.29) is 19.5 Å². The minimum absolute atomic E-state index is 0.110. The largest absolute Gasteiger partial charge is 0.480 e. The van der Waals surface area contributed by atoms with Gasteiger partial charge in [0.05, 0.1) is 19.0 Å². The molecule has 0 aromatic heterocycles. The maximum absolute atomic E-state index is 12.5. The van der Waals surface area contributed by atoms with Gasteiger partial charge in [-0.3, -0.25) is 9.69 Å². The van der Waals surface area contributed by atoms with Crippen LogP contribution in [0.25, 0.3) is 0 Å². The number of rotatable bonds is 6. The predicted molar refractivity (Wildman–Crippen MR) is 77.5 cm³/mol. The molecule has 0 unspecified atom stereocenters. The second-order valence-corrected chi connectivity index (χ2v) is 4.13. The van der Waals surface area contributed by atoms with Gasteiger partial charge in [0.1, 0.15) is 6.54 Å². The molecule has 0 saturated heterocycles. The molecule has 1 N–H and O–H groups in total. The zero-order chi connectivity index (χ0) is 15.7. The molecule has 1 aromatic carbocycles. The Kier molecular flexibility index (Phi) is 6.30. The third kappa shape index (κ3) is 4.88. The first-order valence-corrected chi connectivity index (χ1v) is 6.23. The molecular formula is C15H15N3O3. The van der Waals surface area contributed by atoms with Crippen molar-refractivity contribution in [2.24, 2.45) is 0 Å². The molecule has 0 fully saturated rings. The first-order chi connectivity index (χ1) is 10.1. The van der Waals surface area contributed by atoms with Crippen molar-refractivity contribution in [3.05, 3.63) is 30.3 Å². The van der Waals surface area contributed by atoms with Crippen LogP contribution in [0.2, 0.25) is 0 Å². The molecule has 0 atom stereocenters. The topological polar surface area (TPSA) is 84.6 Å². The van der Waals surface area contributed by atoms with Gasteiger partial charge in [0.2, 0.25) is 0 Å². The number of anilines is 1. The van der Waals surface area contributed by atoms with E-state index in [4.69, 9.17) is 16.8 Å². The van der Waals surface area contributed by atoms with Crippen LogP contribution in [0.1, 0.15) is 6.42 Å². The van der Waals surface area contributed by atoms with Crippen molar-refractivity contribution in [1.82, 2.24) is 4.90 Å². The van der Waals surface area contributed by atoms with E-state index >= 15 is 0 Å². The number of aliphatic carboxylic acids is 1. The summed E-state index contributed by atoms with van der Waals surface area (Å²) in [5.41, 5.74) is 0.588. The van der Waals surface area contributed by atoms with E-state index in [0.717, 1.165) is 4.90 Å². The van der Waals surface area contributed by atoms with Gasteiger partial charge in [-0.1, -0.05) is 24.1 Å². The third-order valence-corrected chi connectivity index (χ3v) is 2.62. The van der Waals surface area contributed by atoms with Crippen LogP contribution in [0.15, 0.2) is 30.3 Å². The van der Waals surface area contributed by atoms with Gasteiger partial charge in [-0.25, -0.2) is 4.79 Å². The average Bonchev–Trinajstić information content (AvgIpc) is 2.47. The Morgan fingerprint density at radius 3 is 2.48 bits per heavy atom. The van der Waals surface area contributed by atoms with Crippen molar-refractivity contribution >= 4 is 17.7 Å². The highest BCUT2D eigenvalue weighted by atomic mass is 16.4. The van der Waals surface area contributed by atoms with E-state index in [2.05, 4.69) is 5.92 Å². The number of carboxylic acids is 1. The van der Waals surface area contributed by atoms with Gasteiger partial charge in [0.25, 0.3) is 0 Å². The molecule has 0 radical (unpaired) electrons. The predicted octanol–water partition coefficient (Wildman–Crippen LogP) is 1.55. The highest BCUT2D eigenvalue weighted by Gasteiger charge is 2.23. The number of carbonyl (C=O) groups is 2. The molecule has 108 valence electrons. The molecule has 0 bridgehead atoms. The molecule has 0 aliphatic heterocycles. The van der Waals surface area contributed by atoms with Crippen LogP contribution in [0.5, 0.6) is 0 Å². The number of nitrogens with zero attached hydrogens (tertiary/aromatic N) is 3. The second-order valence-electron chi connectivity index (χ2n) is 4.13. The van der Waals surface area contributed by atoms with E-state index in [1.807, 2.05) is 6.07 Å². The lowest BCUT2D eigenvalue weighted by molar-refractivity contribution is -0.137. The van der Waals surface area contributed by atoms with Crippen molar-refractivity contribution in [1.29, 1.82) is 5.26 Å². The Labute approximate surface area is 123 Å². The number of nitriles is 1. The third-order valence-electron chi connectivity index (χ3n) is 2.62. The summed E-state index contributed by atoms with van der Waals surface area (Å²) < 4.78 is 0. The van der Waals surface area contributed by atoms with Crippen LogP contribution in [0.4, 0.5) is 10.5 Å². The van der Waals surface area contributed by atoms with Gasteiger partial charge < -0.3 is 10.0 Å². The van der Waals surface area contributed by atoms with Gasteiger partial charge in [0.15, 0.2) is 0 Å². The molecule has 21 heavy (non-hydrogen) atoms. The number of amides is 2. The van der Waals surface area contributed by atoms with E-state index in [1.54, 1.807) is 30.3 Å². The molecule has 0 aliphatic rings. The van der Waals surface area contributed by atoms with Gasteiger partial charge in [0, 0.05) is 12.2 Å². The molecule has 6 heteroatoms. The quantitative estimate of drug-likeness (QED) is 0.803. The Bertz CT molecular complexity index is 572. The van der Waals surface area contributed by atoms with E-state index in [1.165, 1.54) is 4.90 Å². The number of carbonyl (C=O) groups excluding carboxylic acids is 1. The lowest BCUT2D eigenvalue weighted by atomic mass is 10.2. The minimum atomic E-state index is -1.15.